The maximum absolute atomic E-state index is 12.3. The van der Waals surface area contributed by atoms with Crippen molar-refractivity contribution in [2.75, 3.05) is 6.61 Å². The van der Waals surface area contributed by atoms with Crippen LogP contribution < -0.4 is 14.9 Å². The summed E-state index contributed by atoms with van der Waals surface area (Å²) in [4.78, 5) is 24.1. The zero-order chi connectivity index (χ0) is 21.3. The van der Waals surface area contributed by atoms with Gasteiger partial charge in [-0.05, 0) is 70.0 Å². The van der Waals surface area contributed by atoms with E-state index in [9.17, 15) is 9.59 Å². The van der Waals surface area contributed by atoms with Gasteiger partial charge in [-0.2, -0.15) is 5.10 Å². The zero-order valence-electron chi connectivity index (χ0n) is 15.5. The van der Waals surface area contributed by atoms with E-state index in [1.807, 2.05) is 6.07 Å². The Labute approximate surface area is 186 Å². The quantitative estimate of drug-likeness (QED) is 0.224. The van der Waals surface area contributed by atoms with Crippen LogP contribution in [0.2, 0.25) is 5.02 Å². The monoisotopic (exact) mass is 486 g/mol. The number of nitrogens with zero attached hydrogens (tertiary/aromatic N) is 1. The van der Waals surface area contributed by atoms with Crippen LogP contribution in [-0.4, -0.2) is 24.7 Å². The van der Waals surface area contributed by atoms with Gasteiger partial charge in [-0.25, -0.2) is 10.2 Å². The number of esters is 1. The van der Waals surface area contributed by atoms with Crippen LogP contribution in [0, 0.1) is 0 Å². The molecule has 30 heavy (non-hydrogen) atoms. The summed E-state index contributed by atoms with van der Waals surface area (Å²) in [5, 5.41) is 4.47. The number of rotatable bonds is 7. The highest BCUT2D eigenvalue weighted by molar-refractivity contribution is 9.10. The van der Waals surface area contributed by atoms with Crippen molar-refractivity contribution in [1.82, 2.24) is 5.43 Å². The molecule has 0 heterocycles. The van der Waals surface area contributed by atoms with Crippen molar-refractivity contribution in [3.05, 3.63) is 93.4 Å². The highest BCUT2D eigenvalue weighted by atomic mass is 79.9. The number of carbonyl (C=O) groups excluding carboxylic acids is 2. The number of halogens is 2. The molecule has 0 fully saturated rings. The number of amides is 1. The molecule has 0 saturated carbocycles. The van der Waals surface area contributed by atoms with E-state index in [1.165, 1.54) is 6.21 Å². The molecule has 0 spiro atoms. The number of ether oxygens (including phenoxy) is 2. The number of hydrogen-bond donors (Lipinski definition) is 1. The summed E-state index contributed by atoms with van der Waals surface area (Å²) in [7, 11) is 0. The van der Waals surface area contributed by atoms with Crippen LogP contribution >= 0.6 is 27.5 Å². The molecular formula is C22H16BrClN2O4. The molecule has 0 atom stereocenters. The van der Waals surface area contributed by atoms with E-state index in [-0.39, 0.29) is 6.61 Å². The lowest BCUT2D eigenvalue weighted by Gasteiger charge is -2.06. The topological polar surface area (TPSA) is 77.0 Å². The average molecular weight is 488 g/mol. The molecule has 152 valence electrons. The number of hydrazone groups is 1. The summed E-state index contributed by atoms with van der Waals surface area (Å²) >= 11 is 9.12. The van der Waals surface area contributed by atoms with Gasteiger partial charge in [0.25, 0.3) is 5.91 Å². The zero-order valence-corrected chi connectivity index (χ0v) is 17.9. The second-order valence-electron chi connectivity index (χ2n) is 5.98. The summed E-state index contributed by atoms with van der Waals surface area (Å²) in [5.41, 5.74) is 3.44. The molecule has 6 nitrogen and oxygen atoms in total. The molecule has 1 amide bonds. The third-order valence-corrected chi connectivity index (χ3v) is 4.69. The van der Waals surface area contributed by atoms with E-state index in [4.69, 9.17) is 21.1 Å². The first-order valence-corrected chi connectivity index (χ1v) is 9.95. The van der Waals surface area contributed by atoms with E-state index < -0.39 is 11.9 Å². The highest BCUT2D eigenvalue weighted by Gasteiger charge is 2.12. The molecular weight excluding hydrogens is 472 g/mol. The first-order chi connectivity index (χ1) is 14.5. The largest absolute Gasteiger partial charge is 0.484 e. The Hall–Kier alpha value is -3.16. The molecule has 0 aliphatic carbocycles. The van der Waals surface area contributed by atoms with Crippen LogP contribution in [0.15, 0.2) is 82.4 Å². The van der Waals surface area contributed by atoms with Crippen molar-refractivity contribution in [3.8, 4) is 11.5 Å². The Kier molecular flexibility index (Phi) is 7.59. The summed E-state index contributed by atoms with van der Waals surface area (Å²) in [6.45, 7) is -0.192. The van der Waals surface area contributed by atoms with E-state index in [0.29, 0.717) is 32.1 Å². The summed E-state index contributed by atoms with van der Waals surface area (Å²) < 4.78 is 11.4. The number of hydrogen-bond acceptors (Lipinski definition) is 5. The lowest BCUT2D eigenvalue weighted by Crippen LogP contribution is -2.24. The molecule has 8 heteroatoms. The Morgan fingerprint density at radius 2 is 1.77 bits per heavy atom. The lowest BCUT2D eigenvalue weighted by molar-refractivity contribution is -0.123. The molecule has 3 aromatic carbocycles. The van der Waals surface area contributed by atoms with Crippen LogP contribution in [0.3, 0.4) is 0 Å². The van der Waals surface area contributed by atoms with Crippen LogP contribution in [0.1, 0.15) is 15.9 Å². The maximum Gasteiger partial charge on any atom is 0.344 e. The minimum absolute atomic E-state index is 0.192. The molecule has 3 rings (SSSR count). The predicted octanol–water partition coefficient (Wildman–Crippen LogP) is 4.85. The Morgan fingerprint density at radius 3 is 2.53 bits per heavy atom. The van der Waals surface area contributed by atoms with Gasteiger partial charge >= 0.3 is 5.97 Å². The average Bonchev–Trinajstić information content (AvgIpc) is 2.74. The summed E-state index contributed by atoms with van der Waals surface area (Å²) in [6, 6.07) is 20.4. The van der Waals surface area contributed by atoms with Gasteiger partial charge in [0, 0.05) is 9.50 Å². The van der Waals surface area contributed by atoms with Gasteiger partial charge in [-0.1, -0.05) is 35.9 Å². The maximum atomic E-state index is 12.3. The fraction of sp³-hybridized carbons (Fsp3) is 0.0455. The van der Waals surface area contributed by atoms with Gasteiger partial charge in [-0.15, -0.1) is 0 Å². The third-order valence-electron chi connectivity index (χ3n) is 3.75. The van der Waals surface area contributed by atoms with Crippen LogP contribution in [0.4, 0.5) is 0 Å². The SMILES string of the molecule is O=C(COc1ccc(Cl)cc1)NN=Cc1cccc(OC(=O)c2ccccc2Br)c1. The van der Waals surface area contributed by atoms with Crippen molar-refractivity contribution >= 4 is 45.6 Å². The van der Waals surface area contributed by atoms with Crippen molar-refractivity contribution in [1.29, 1.82) is 0 Å². The van der Waals surface area contributed by atoms with Crippen molar-refractivity contribution in [2.24, 2.45) is 5.10 Å². The van der Waals surface area contributed by atoms with Gasteiger partial charge in [0.1, 0.15) is 11.5 Å². The predicted molar refractivity (Wildman–Crippen MR) is 118 cm³/mol. The highest BCUT2D eigenvalue weighted by Crippen LogP contribution is 2.20. The molecule has 1 N–H and O–H groups in total. The normalized spacial score (nSPS) is 10.6. The Balaban J connectivity index is 1.52. The van der Waals surface area contributed by atoms with Gasteiger partial charge in [0.2, 0.25) is 0 Å². The van der Waals surface area contributed by atoms with E-state index in [0.717, 1.165) is 0 Å². The molecule has 3 aromatic rings. The molecule has 0 aliphatic heterocycles. The fourth-order valence-electron chi connectivity index (χ4n) is 2.34. The molecule has 0 saturated heterocycles. The molecule has 0 aliphatic rings. The van der Waals surface area contributed by atoms with Gasteiger partial charge < -0.3 is 9.47 Å². The minimum Gasteiger partial charge on any atom is -0.484 e. The summed E-state index contributed by atoms with van der Waals surface area (Å²) in [5.74, 6) is -0.0166. The van der Waals surface area contributed by atoms with Crippen LogP contribution in [0.5, 0.6) is 11.5 Å². The first-order valence-electron chi connectivity index (χ1n) is 8.78. The first kappa shape index (κ1) is 21.5. The number of nitrogens with one attached hydrogen (secondary N) is 1. The van der Waals surface area contributed by atoms with E-state index in [2.05, 4.69) is 26.5 Å². The second-order valence-corrected chi connectivity index (χ2v) is 7.27. The number of benzene rings is 3. The van der Waals surface area contributed by atoms with E-state index >= 15 is 0 Å². The third kappa shape index (κ3) is 6.43. The Bertz CT molecular complexity index is 1070. The summed E-state index contributed by atoms with van der Waals surface area (Å²) in [6.07, 6.45) is 1.44. The van der Waals surface area contributed by atoms with E-state index in [1.54, 1.807) is 66.7 Å². The molecule has 0 radical (unpaired) electrons. The van der Waals surface area contributed by atoms with Crippen molar-refractivity contribution < 1.29 is 19.1 Å². The lowest BCUT2D eigenvalue weighted by atomic mass is 10.2. The molecule has 0 unspecified atom stereocenters. The second kappa shape index (κ2) is 10.6. The standard InChI is InChI=1S/C22H16BrClN2O4/c23-20-7-2-1-6-19(20)22(28)30-18-5-3-4-15(12-18)13-25-26-21(27)14-29-17-10-8-16(24)9-11-17/h1-13H,14H2,(H,26,27). The molecule has 0 aromatic heterocycles. The van der Waals surface area contributed by atoms with Gasteiger partial charge in [0.15, 0.2) is 6.61 Å². The van der Waals surface area contributed by atoms with Crippen molar-refractivity contribution in [3.63, 3.8) is 0 Å². The van der Waals surface area contributed by atoms with Crippen LogP contribution in [0.25, 0.3) is 0 Å². The molecule has 0 bridgehead atoms. The Morgan fingerprint density at radius 1 is 1.00 bits per heavy atom. The minimum atomic E-state index is -0.482. The van der Waals surface area contributed by atoms with Gasteiger partial charge in [0.05, 0.1) is 11.8 Å². The van der Waals surface area contributed by atoms with Crippen LogP contribution in [-0.2, 0) is 4.79 Å². The smallest absolute Gasteiger partial charge is 0.344 e. The number of carbonyl (C=O) groups is 2. The van der Waals surface area contributed by atoms with Crippen molar-refractivity contribution in [2.45, 2.75) is 0 Å². The fourth-order valence-corrected chi connectivity index (χ4v) is 2.91. The van der Waals surface area contributed by atoms with Gasteiger partial charge in [-0.3, -0.25) is 4.79 Å².